The van der Waals surface area contributed by atoms with Crippen molar-refractivity contribution >= 4 is 0 Å². The van der Waals surface area contributed by atoms with E-state index in [1.165, 1.54) is 49.7 Å². The lowest BCUT2D eigenvalue weighted by atomic mass is 9.77. The van der Waals surface area contributed by atoms with E-state index in [2.05, 4.69) is 50.0 Å². The van der Waals surface area contributed by atoms with Gasteiger partial charge in [-0.05, 0) is 36.3 Å². The number of rotatable bonds is 6. The Morgan fingerprint density at radius 2 is 2.00 bits per heavy atom. The molecule has 102 valence electrons. The fraction of sp³-hybridized carbons (Fsp3) is 0.579. The van der Waals surface area contributed by atoms with E-state index in [4.69, 9.17) is 0 Å². The van der Waals surface area contributed by atoms with E-state index in [9.17, 15) is 0 Å². The van der Waals surface area contributed by atoms with E-state index < -0.39 is 0 Å². The minimum atomic E-state index is 0.713. The molecule has 2 unspecified atom stereocenters. The van der Waals surface area contributed by atoms with Gasteiger partial charge in [0.15, 0.2) is 0 Å². The Balaban J connectivity index is 2.22. The normalized spacial score (nSPS) is 18.9. The summed E-state index contributed by atoms with van der Waals surface area (Å²) in [7, 11) is 0. The highest BCUT2D eigenvalue weighted by Crippen LogP contribution is 2.38. The van der Waals surface area contributed by atoms with E-state index in [1.54, 1.807) is 0 Å². The van der Waals surface area contributed by atoms with Gasteiger partial charge in [0, 0.05) is 12.0 Å². The number of hydrogen-bond acceptors (Lipinski definition) is 0. The number of unbranched alkanes of at least 4 members (excludes halogenated alkanes) is 1. The third-order valence-electron chi connectivity index (χ3n) is 4.32. The highest BCUT2D eigenvalue weighted by molar-refractivity contribution is 5.44. The highest BCUT2D eigenvalue weighted by Gasteiger charge is 2.24. The highest BCUT2D eigenvalue weighted by atomic mass is 14.3. The third kappa shape index (κ3) is 3.63. The minimum absolute atomic E-state index is 0.713. The van der Waals surface area contributed by atoms with Crippen LogP contribution in [-0.4, -0.2) is 0 Å². The lowest BCUT2D eigenvalue weighted by Crippen LogP contribution is -2.14. The van der Waals surface area contributed by atoms with Gasteiger partial charge < -0.3 is 0 Å². The molecule has 0 heterocycles. The summed E-state index contributed by atoms with van der Waals surface area (Å²) >= 11 is 0. The molecule has 0 bridgehead atoms. The van der Waals surface area contributed by atoms with Crippen LogP contribution in [-0.2, 0) is 0 Å². The summed E-state index contributed by atoms with van der Waals surface area (Å²) in [5.41, 5.74) is 2.80. The summed E-state index contributed by atoms with van der Waals surface area (Å²) in [6.45, 7) is 4.62. The second-order valence-corrected chi connectivity index (χ2v) is 5.73. The van der Waals surface area contributed by atoms with Gasteiger partial charge in [-0.3, -0.25) is 0 Å². The van der Waals surface area contributed by atoms with Crippen molar-refractivity contribution in [3.05, 3.63) is 35.4 Å². The summed E-state index contributed by atoms with van der Waals surface area (Å²) in [6.07, 6.45) is 9.02. The van der Waals surface area contributed by atoms with Gasteiger partial charge in [0.05, 0.1) is 0 Å². The largest absolute Gasteiger partial charge is 0.0979 e. The summed E-state index contributed by atoms with van der Waals surface area (Å²) in [5, 5.41) is 0. The molecule has 1 aromatic rings. The van der Waals surface area contributed by atoms with Crippen LogP contribution in [0.4, 0.5) is 0 Å². The average molecular weight is 254 g/mol. The fourth-order valence-corrected chi connectivity index (χ4v) is 3.35. The molecule has 0 saturated carbocycles. The molecule has 0 saturated heterocycles. The van der Waals surface area contributed by atoms with Gasteiger partial charge in [0.25, 0.3) is 0 Å². The molecule has 2 rings (SSSR count). The maximum Gasteiger partial charge on any atom is 0.0280 e. The van der Waals surface area contributed by atoms with Crippen LogP contribution < -0.4 is 0 Å². The summed E-state index contributed by atoms with van der Waals surface area (Å²) in [6, 6.07) is 8.82. The molecule has 0 heteroatoms. The molecule has 0 N–H and O–H groups in total. The predicted molar refractivity (Wildman–Crippen MR) is 83.2 cm³/mol. The second kappa shape index (κ2) is 7.39. The molecule has 1 aliphatic carbocycles. The molecule has 2 atom stereocenters. The van der Waals surface area contributed by atoms with Gasteiger partial charge in [-0.1, -0.05) is 69.6 Å². The van der Waals surface area contributed by atoms with Crippen LogP contribution in [0.3, 0.4) is 0 Å². The maximum absolute atomic E-state index is 3.36. The smallest absolute Gasteiger partial charge is 0.0280 e. The Hall–Kier alpha value is -1.22. The van der Waals surface area contributed by atoms with Crippen molar-refractivity contribution in [2.75, 3.05) is 0 Å². The lowest BCUT2D eigenvalue weighted by molar-refractivity contribution is 0.344. The van der Waals surface area contributed by atoms with Crippen molar-refractivity contribution in [3.8, 4) is 11.8 Å². The average Bonchev–Trinajstić information content (AvgIpc) is 2.66. The minimum Gasteiger partial charge on any atom is -0.0979 e. The molecule has 0 radical (unpaired) electrons. The van der Waals surface area contributed by atoms with Crippen LogP contribution in [0.15, 0.2) is 24.3 Å². The molecule has 0 spiro atoms. The topological polar surface area (TPSA) is 0 Å². The van der Waals surface area contributed by atoms with Gasteiger partial charge in [-0.25, -0.2) is 0 Å². The van der Waals surface area contributed by atoms with Gasteiger partial charge in [0.1, 0.15) is 0 Å². The van der Waals surface area contributed by atoms with Crippen LogP contribution >= 0.6 is 0 Å². The molecule has 0 amide bonds. The zero-order valence-corrected chi connectivity index (χ0v) is 12.4. The zero-order chi connectivity index (χ0) is 13.5. The van der Waals surface area contributed by atoms with E-state index in [1.807, 2.05) is 0 Å². The van der Waals surface area contributed by atoms with Gasteiger partial charge in [0.2, 0.25) is 0 Å². The molecular weight excluding hydrogens is 228 g/mol. The first kappa shape index (κ1) is 14.2. The first-order chi connectivity index (χ1) is 9.36. The van der Waals surface area contributed by atoms with Crippen LogP contribution in [0.25, 0.3) is 0 Å². The van der Waals surface area contributed by atoms with Crippen molar-refractivity contribution in [2.24, 2.45) is 5.92 Å². The zero-order valence-electron chi connectivity index (χ0n) is 12.4. The second-order valence-electron chi connectivity index (χ2n) is 5.73. The molecule has 0 fully saturated rings. The standard InChI is InChI=1S/C19H26/c1-3-5-11-16(10-4-2)18-14-8-6-12-17-13-7-9-15-19(17)18/h7,9,13,15-16,18H,3-5,8,10-11,14H2,1-2H3. The first-order valence-corrected chi connectivity index (χ1v) is 7.94. The van der Waals surface area contributed by atoms with E-state index in [0.717, 1.165) is 12.3 Å². The van der Waals surface area contributed by atoms with Crippen LogP contribution in [0.5, 0.6) is 0 Å². The van der Waals surface area contributed by atoms with Crippen LogP contribution in [0.1, 0.15) is 75.8 Å². The van der Waals surface area contributed by atoms with Crippen molar-refractivity contribution in [1.82, 2.24) is 0 Å². The quantitative estimate of drug-likeness (QED) is 0.586. The predicted octanol–water partition coefficient (Wildman–Crippen LogP) is 5.52. The Labute approximate surface area is 118 Å². The Kier molecular flexibility index (Phi) is 5.52. The third-order valence-corrected chi connectivity index (χ3v) is 4.32. The molecule has 1 aromatic carbocycles. The summed E-state index contributed by atoms with van der Waals surface area (Å²) < 4.78 is 0. The number of hydrogen-bond donors (Lipinski definition) is 0. The molecule has 19 heavy (non-hydrogen) atoms. The molecule has 1 aliphatic rings. The molecular formula is C19H26. The van der Waals surface area contributed by atoms with Crippen molar-refractivity contribution < 1.29 is 0 Å². The summed E-state index contributed by atoms with van der Waals surface area (Å²) in [4.78, 5) is 0. The summed E-state index contributed by atoms with van der Waals surface area (Å²) in [5.74, 6) is 8.25. The van der Waals surface area contributed by atoms with Crippen molar-refractivity contribution in [1.29, 1.82) is 0 Å². The van der Waals surface area contributed by atoms with E-state index in [0.29, 0.717) is 5.92 Å². The van der Waals surface area contributed by atoms with Gasteiger partial charge >= 0.3 is 0 Å². The fourth-order valence-electron chi connectivity index (χ4n) is 3.35. The Morgan fingerprint density at radius 3 is 2.79 bits per heavy atom. The Morgan fingerprint density at radius 1 is 1.16 bits per heavy atom. The van der Waals surface area contributed by atoms with Crippen LogP contribution in [0.2, 0.25) is 0 Å². The Bertz CT molecular complexity index is 447. The van der Waals surface area contributed by atoms with Gasteiger partial charge in [-0.2, -0.15) is 0 Å². The van der Waals surface area contributed by atoms with E-state index >= 15 is 0 Å². The molecule has 0 aliphatic heterocycles. The number of benzene rings is 1. The molecule has 0 aromatic heterocycles. The SMILES string of the molecule is CCCCC(CCC)C1CCC#Cc2ccccc21. The molecule has 0 nitrogen and oxygen atoms in total. The monoisotopic (exact) mass is 254 g/mol. The number of fused-ring (bicyclic) bond motifs is 1. The maximum atomic E-state index is 3.36. The first-order valence-electron chi connectivity index (χ1n) is 7.94. The van der Waals surface area contributed by atoms with Gasteiger partial charge in [-0.15, -0.1) is 0 Å². The lowest BCUT2D eigenvalue weighted by Gasteiger charge is -2.27. The van der Waals surface area contributed by atoms with Crippen LogP contribution in [0, 0.1) is 17.8 Å². The van der Waals surface area contributed by atoms with Crippen molar-refractivity contribution in [2.45, 2.75) is 64.7 Å². The van der Waals surface area contributed by atoms with Crippen molar-refractivity contribution in [3.63, 3.8) is 0 Å². The van der Waals surface area contributed by atoms with E-state index in [-0.39, 0.29) is 0 Å².